The second-order valence-corrected chi connectivity index (χ2v) is 4.51. The van der Waals surface area contributed by atoms with Gasteiger partial charge in [0.25, 0.3) is 0 Å². The smallest absolute Gasteiger partial charge is 0.411 e. The molecule has 0 aromatic heterocycles. The summed E-state index contributed by atoms with van der Waals surface area (Å²) in [6.45, 7) is 2.17. The molecule has 1 amide bonds. The fraction of sp³-hybridized carbons (Fsp3) is 0.188. The van der Waals surface area contributed by atoms with Gasteiger partial charge in [0.15, 0.2) is 0 Å². The molecule has 3 heteroatoms. The molecular weight excluding hydrogens is 238 g/mol. The summed E-state index contributed by atoms with van der Waals surface area (Å²) in [5.74, 6) is 0. The van der Waals surface area contributed by atoms with Gasteiger partial charge in [-0.25, -0.2) is 4.79 Å². The molecule has 96 valence electrons. The predicted molar refractivity (Wildman–Crippen MR) is 75.3 cm³/mol. The molecule has 0 heterocycles. The Kier molecular flexibility index (Phi) is 2.95. The van der Waals surface area contributed by atoms with Gasteiger partial charge < -0.3 is 4.74 Å². The third kappa shape index (κ3) is 2.08. The molecule has 3 nitrogen and oxygen atoms in total. The van der Waals surface area contributed by atoms with Crippen molar-refractivity contribution >= 4 is 11.8 Å². The van der Waals surface area contributed by atoms with Crippen LogP contribution in [0.5, 0.6) is 0 Å². The Morgan fingerprint density at radius 2 is 1.95 bits per heavy atom. The molecular formula is C16H15NO2. The first-order chi connectivity index (χ1) is 9.29. The highest BCUT2D eigenvalue weighted by molar-refractivity contribution is 5.90. The Morgan fingerprint density at radius 1 is 1.16 bits per heavy atom. The Bertz CT molecular complexity index is 634. The average molecular weight is 253 g/mol. The first-order valence-electron chi connectivity index (χ1n) is 6.43. The van der Waals surface area contributed by atoms with Crippen LogP contribution >= 0.6 is 0 Å². The summed E-state index contributed by atoms with van der Waals surface area (Å²) >= 11 is 0. The molecule has 1 aliphatic rings. The zero-order chi connectivity index (χ0) is 13.2. The van der Waals surface area contributed by atoms with Crippen LogP contribution in [0.2, 0.25) is 0 Å². The fourth-order valence-electron chi connectivity index (χ4n) is 2.55. The monoisotopic (exact) mass is 253 g/mol. The number of benzene rings is 2. The number of carbonyl (C=O) groups excluding carboxylic acids is 1. The molecule has 0 aliphatic heterocycles. The molecule has 2 aromatic carbocycles. The van der Waals surface area contributed by atoms with E-state index in [9.17, 15) is 4.79 Å². The first kappa shape index (κ1) is 11.8. The van der Waals surface area contributed by atoms with Crippen LogP contribution in [0.15, 0.2) is 42.5 Å². The van der Waals surface area contributed by atoms with Crippen molar-refractivity contribution in [3.8, 4) is 11.1 Å². The van der Waals surface area contributed by atoms with E-state index in [-0.39, 0.29) is 0 Å². The minimum absolute atomic E-state index is 0.376. The minimum Gasteiger partial charge on any atom is -0.450 e. The lowest BCUT2D eigenvalue weighted by atomic mass is 10.1. The van der Waals surface area contributed by atoms with E-state index in [2.05, 4.69) is 23.5 Å². The number of nitrogens with one attached hydrogen (secondary N) is 1. The Morgan fingerprint density at radius 3 is 2.79 bits per heavy atom. The standard InChI is InChI=1S/C16H15NO2/c1-2-19-16(18)17-15-9-5-8-13-12-7-4-3-6-11(12)10-14(13)15/h3-9H,2,10H2,1H3,(H,17,18). The van der Waals surface area contributed by atoms with E-state index in [1.165, 1.54) is 16.7 Å². The molecule has 1 aliphatic carbocycles. The van der Waals surface area contributed by atoms with E-state index < -0.39 is 6.09 Å². The number of rotatable bonds is 2. The van der Waals surface area contributed by atoms with Gasteiger partial charge in [0.2, 0.25) is 0 Å². The summed E-state index contributed by atoms with van der Waals surface area (Å²) < 4.78 is 4.93. The third-order valence-electron chi connectivity index (χ3n) is 3.36. The quantitative estimate of drug-likeness (QED) is 0.753. The van der Waals surface area contributed by atoms with Crippen LogP contribution in [0.25, 0.3) is 11.1 Å². The second-order valence-electron chi connectivity index (χ2n) is 4.51. The fourth-order valence-corrected chi connectivity index (χ4v) is 2.55. The van der Waals surface area contributed by atoms with Gasteiger partial charge in [-0.3, -0.25) is 5.32 Å². The zero-order valence-corrected chi connectivity index (χ0v) is 10.8. The summed E-state index contributed by atoms with van der Waals surface area (Å²) in [6, 6.07) is 14.3. The van der Waals surface area contributed by atoms with Crippen molar-refractivity contribution in [2.45, 2.75) is 13.3 Å². The molecule has 0 bridgehead atoms. The number of hydrogen-bond acceptors (Lipinski definition) is 2. The van der Waals surface area contributed by atoms with Crippen LogP contribution in [0.3, 0.4) is 0 Å². The molecule has 0 saturated carbocycles. The SMILES string of the molecule is CCOC(=O)Nc1cccc2c1Cc1ccccc1-2. The van der Waals surface area contributed by atoms with Crippen molar-refractivity contribution in [1.82, 2.24) is 0 Å². The van der Waals surface area contributed by atoms with Crippen molar-refractivity contribution in [2.24, 2.45) is 0 Å². The number of anilines is 1. The van der Waals surface area contributed by atoms with E-state index in [0.29, 0.717) is 6.61 Å². The zero-order valence-electron chi connectivity index (χ0n) is 10.8. The van der Waals surface area contributed by atoms with Crippen molar-refractivity contribution in [2.75, 3.05) is 11.9 Å². The molecule has 0 saturated heterocycles. The molecule has 2 aromatic rings. The lowest BCUT2D eigenvalue weighted by Gasteiger charge is -2.10. The highest BCUT2D eigenvalue weighted by atomic mass is 16.5. The largest absolute Gasteiger partial charge is 0.450 e. The summed E-state index contributed by atoms with van der Waals surface area (Å²) in [5.41, 5.74) is 5.76. The lowest BCUT2D eigenvalue weighted by Crippen LogP contribution is -2.14. The summed E-state index contributed by atoms with van der Waals surface area (Å²) in [5, 5.41) is 2.82. The van der Waals surface area contributed by atoms with Gasteiger partial charge in [0, 0.05) is 12.1 Å². The molecule has 0 atom stereocenters. The highest BCUT2D eigenvalue weighted by Crippen LogP contribution is 2.39. The van der Waals surface area contributed by atoms with Gasteiger partial charge >= 0.3 is 6.09 Å². The maximum atomic E-state index is 11.6. The van der Waals surface area contributed by atoms with Gasteiger partial charge in [-0.15, -0.1) is 0 Å². The summed E-state index contributed by atoms with van der Waals surface area (Å²) in [6.07, 6.45) is 0.459. The van der Waals surface area contributed by atoms with E-state index in [1.54, 1.807) is 6.92 Å². The molecule has 1 N–H and O–H groups in total. The van der Waals surface area contributed by atoms with E-state index in [0.717, 1.165) is 17.7 Å². The van der Waals surface area contributed by atoms with Gasteiger partial charge in [0.1, 0.15) is 0 Å². The number of fused-ring (bicyclic) bond motifs is 3. The normalized spacial score (nSPS) is 11.6. The van der Waals surface area contributed by atoms with Crippen molar-refractivity contribution in [3.63, 3.8) is 0 Å². The van der Waals surface area contributed by atoms with Gasteiger partial charge in [-0.05, 0) is 35.2 Å². The van der Waals surface area contributed by atoms with Crippen LogP contribution in [0.1, 0.15) is 18.1 Å². The van der Waals surface area contributed by atoms with Gasteiger partial charge in [-0.1, -0.05) is 36.4 Å². The van der Waals surface area contributed by atoms with Gasteiger partial charge in [0.05, 0.1) is 6.61 Å². The summed E-state index contributed by atoms with van der Waals surface area (Å²) in [4.78, 5) is 11.6. The van der Waals surface area contributed by atoms with E-state index in [1.807, 2.05) is 24.3 Å². The van der Waals surface area contributed by atoms with E-state index in [4.69, 9.17) is 4.74 Å². The Labute approximate surface area is 112 Å². The molecule has 0 unspecified atom stereocenters. The van der Waals surface area contributed by atoms with E-state index >= 15 is 0 Å². The van der Waals surface area contributed by atoms with Crippen LogP contribution in [0, 0.1) is 0 Å². The van der Waals surface area contributed by atoms with Crippen LogP contribution in [-0.2, 0) is 11.2 Å². The number of amides is 1. The average Bonchev–Trinajstić information content (AvgIpc) is 2.79. The second kappa shape index (κ2) is 4.76. The first-order valence-corrected chi connectivity index (χ1v) is 6.43. The molecule has 3 rings (SSSR count). The number of ether oxygens (including phenoxy) is 1. The Hall–Kier alpha value is -2.29. The molecule has 0 spiro atoms. The van der Waals surface area contributed by atoms with Crippen LogP contribution in [-0.4, -0.2) is 12.7 Å². The minimum atomic E-state index is -0.396. The molecule has 0 fully saturated rings. The van der Waals surface area contributed by atoms with Crippen molar-refractivity contribution < 1.29 is 9.53 Å². The summed E-state index contributed by atoms with van der Waals surface area (Å²) in [7, 11) is 0. The predicted octanol–water partition coefficient (Wildman–Crippen LogP) is 3.83. The van der Waals surface area contributed by atoms with Crippen molar-refractivity contribution in [3.05, 3.63) is 53.6 Å². The molecule has 0 radical (unpaired) electrons. The third-order valence-corrected chi connectivity index (χ3v) is 3.36. The van der Waals surface area contributed by atoms with Crippen LogP contribution in [0.4, 0.5) is 10.5 Å². The number of carbonyl (C=O) groups is 1. The van der Waals surface area contributed by atoms with Crippen LogP contribution < -0.4 is 5.32 Å². The number of hydrogen-bond donors (Lipinski definition) is 1. The topological polar surface area (TPSA) is 38.3 Å². The Balaban J connectivity index is 1.97. The lowest BCUT2D eigenvalue weighted by molar-refractivity contribution is 0.168. The highest BCUT2D eigenvalue weighted by Gasteiger charge is 2.21. The maximum absolute atomic E-state index is 11.6. The van der Waals surface area contributed by atoms with Crippen molar-refractivity contribution in [1.29, 1.82) is 0 Å². The molecule has 19 heavy (non-hydrogen) atoms. The van der Waals surface area contributed by atoms with Gasteiger partial charge in [-0.2, -0.15) is 0 Å². The maximum Gasteiger partial charge on any atom is 0.411 e.